The molecule has 2 N–H and O–H groups in total. The van der Waals surface area contributed by atoms with Crippen molar-refractivity contribution in [2.45, 2.75) is 6.54 Å². The molecule has 0 aliphatic heterocycles. The van der Waals surface area contributed by atoms with Gasteiger partial charge >= 0.3 is 5.97 Å². The van der Waals surface area contributed by atoms with Crippen molar-refractivity contribution in [2.24, 2.45) is 0 Å². The summed E-state index contributed by atoms with van der Waals surface area (Å²) in [6.07, 6.45) is 1.10. The fraction of sp³-hybridized carbons (Fsp3) is 0.0909. The zero-order valence-electron chi connectivity index (χ0n) is 16.4. The second kappa shape index (κ2) is 9.20. The highest BCUT2D eigenvalue weighted by molar-refractivity contribution is 7.92. The molecule has 0 fully saturated rings. The van der Waals surface area contributed by atoms with Crippen LogP contribution in [-0.2, 0) is 16.6 Å². The van der Waals surface area contributed by atoms with E-state index in [0.717, 1.165) is 11.8 Å². The van der Waals surface area contributed by atoms with E-state index in [1.165, 1.54) is 40.7 Å². The molecule has 0 aliphatic rings. The second-order valence-corrected chi connectivity index (χ2v) is 9.09. The Balaban J connectivity index is 1.82. The smallest absolute Gasteiger partial charge is 0.337 e. The predicted octanol–water partition coefficient (Wildman–Crippen LogP) is 4.26. The van der Waals surface area contributed by atoms with Crippen LogP contribution in [0.3, 0.4) is 0 Å². The largest absolute Gasteiger partial charge is 0.478 e. The molecule has 0 saturated heterocycles. The summed E-state index contributed by atoms with van der Waals surface area (Å²) in [7, 11) is -3.59. The van der Waals surface area contributed by atoms with Crippen LogP contribution < -0.4 is 9.62 Å². The Hall–Kier alpha value is -3.36. The van der Waals surface area contributed by atoms with Crippen LogP contribution in [0.25, 0.3) is 0 Å². The lowest BCUT2D eigenvalue weighted by atomic mass is 10.1. The molecule has 0 aliphatic carbocycles. The van der Waals surface area contributed by atoms with Gasteiger partial charge in [-0.3, -0.25) is 9.10 Å². The fourth-order valence-electron chi connectivity index (χ4n) is 2.91. The number of carboxylic acids is 1. The number of aromatic carboxylic acids is 1. The van der Waals surface area contributed by atoms with Gasteiger partial charge in [-0.05, 0) is 54.1 Å². The number of amides is 1. The maximum Gasteiger partial charge on any atom is 0.337 e. The van der Waals surface area contributed by atoms with Crippen molar-refractivity contribution in [1.82, 2.24) is 0 Å². The molecule has 0 aromatic heterocycles. The molecule has 0 heterocycles. The van der Waals surface area contributed by atoms with Crippen LogP contribution in [-0.4, -0.2) is 31.7 Å². The van der Waals surface area contributed by atoms with Gasteiger partial charge in [-0.1, -0.05) is 35.9 Å². The Morgan fingerprint density at radius 1 is 0.968 bits per heavy atom. The van der Waals surface area contributed by atoms with Crippen molar-refractivity contribution in [1.29, 1.82) is 0 Å². The first-order chi connectivity index (χ1) is 14.6. The van der Waals surface area contributed by atoms with Crippen LogP contribution in [0.4, 0.5) is 11.4 Å². The van der Waals surface area contributed by atoms with Gasteiger partial charge in [0.1, 0.15) is 0 Å². The third kappa shape index (κ3) is 5.62. The Morgan fingerprint density at radius 3 is 2.16 bits per heavy atom. The van der Waals surface area contributed by atoms with Crippen molar-refractivity contribution >= 4 is 44.9 Å². The van der Waals surface area contributed by atoms with E-state index in [2.05, 4.69) is 5.32 Å². The zero-order chi connectivity index (χ0) is 22.6. The highest BCUT2D eigenvalue weighted by atomic mass is 35.5. The number of hydrogen-bond acceptors (Lipinski definition) is 4. The minimum atomic E-state index is -3.59. The topological polar surface area (TPSA) is 104 Å². The van der Waals surface area contributed by atoms with Gasteiger partial charge in [-0.25, -0.2) is 13.2 Å². The average Bonchev–Trinajstić information content (AvgIpc) is 2.73. The van der Waals surface area contributed by atoms with Crippen molar-refractivity contribution in [3.05, 3.63) is 94.5 Å². The molecule has 0 spiro atoms. The SMILES string of the molecule is CS(=O)(=O)N(Cc1ccc(Cl)cc1)c1ccc(C(=O)Nc2ccccc2C(=O)O)cc1. The van der Waals surface area contributed by atoms with E-state index in [9.17, 15) is 23.1 Å². The first kappa shape index (κ1) is 22.3. The number of halogens is 1. The number of anilines is 2. The molecule has 0 saturated carbocycles. The van der Waals surface area contributed by atoms with Crippen LogP contribution in [0.1, 0.15) is 26.3 Å². The molecule has 31 heavy (non-hydrogen) atoms. The first-order valence-corrected chi connectivity index (χ1v) is 11.3. The minimum Gasteiger partial charge on any atom is -0.478 e. The van der Waals surface area contributed by atoms with Crippen LogP contribution in [0, 0.1) is 0 Å². The van der Waals surface area contributed by atoms with E-state index < -0.39 is 21.9 Å². The van der Waals surface area contributed by atoms with Crippen molar-refractivity contribution < 1.29 is 23.1 Å². The zero-order valence-corrected chi connectivity index (χ0v) is 18.0. The van der Waals surface area contributed by atoms with Gasteiger partial charge in [-0.15, -0.1) is 0 Å². The summed E-state index contributed by atoms with van der Waals surface area (Å²) in [6, 6.07) is 18.9. The highest BCUT2D eigenvalue weighted by Crippen LogP contribution is 2.23. The van der Waals surface area contributed by atoms with E-state index in [4.69, 9.17) is 11.6 Å². The Labute approximate surface area is 184 Å². The first-order valence-electron chi connectivity index (χ1n) is 9.11. The number of sulfonamides is 1. The molecule has 3 aromatic rings. The van der Waals surface area contributed by atoms with Crippen LogP contribution >= 0.6 is 11.6 Å². The Kier molecular flexibility index (Phi) is 6.62. The van der Waals surface area contributed by atoms with Gasteiger partial charge in [0, 0.05) is 10.6 Å². The predicted molar refractivity (Wildman–Crippen MR) is 120 cm³/mol. The lowest BCUT2D eigenvalue weighted by Crippen LogP contribution is -2.29. The maximum absolute atomic E-state index is 12.5. The molecule has 0 bridgehead atoms. The lowest BCUT2D eigenvalue weighted by molar-refractivity contribution is 0.0698. The van der Waals surface area contributed by atoms with Crippen molar-refractivity contribution in [3.8, 4) is 0 Å². The third-order valence-corrected chi connectivity index (χ3v) is 5.86. The number of nitrogens with zero attached hydrogens (tertiary/aromatic N) is 1. The van der Waals surface area contributed by atoms with Gasteiger partial charge in [-0.2, -0.15) is 0 Å². The summed E-state index contributed by atoms with van der Waals surface area (Å²) in [5.41, 5.74) is 1.54. The van der Waals surface area contributed by atoms with E-state index in [1.807, 2.05) is 0 Å². The molecular formula is C22H19ClN2O5S. The van der Waals surface area contributed by atoms with Gasteiger partial charge in [0.15, 0.2) is 0 Å². The van der Waals surface area contributed by atoms with Crippen molar-refractivity contribution in [2.75, 3.05) is 15.9 Å². The summed E-state index contributed by atoms with van der Waals surface area (Å²) in [5.74, 6) is -1.67. The third-order valence-electron chi connectivity index (χ3n) is 4.46. The van der Waals surface area contributed by atoms with Gasteiger partial charge < -0.3 is 10.4 Å². The number of carbonyl (C=O) groups is 2. The van der Waals surface area contributed by atoms with Crippen LogP contribution in [0.2, 0.25) is 5.02 Å². The maximum atomic E-state index is 12.5. The number of benzene rings is 3. The summed E-state index contributed by atoms with van der Waals surface area (Å²) >= 11 is 5.88. The molecule has 9 heteroatoms. The van der Waals surface area contributed by atoms with Gasteiger partial charge in [0.2, 0.25) is 10.0 Å². The monoisotopic (exact) mass is 458 g/mol. The molecule has 1 amide bonds. The van der Waals surface area contributed by atoms with E-state index >= 15 is 0 Å². The molecule has 0 radical (unpaired) electrons. The quantitative estimate of drug-likeness (QED) is 0.550. The van der Waals surface area contributed by atoms with Crippen LogP contribution in [0.5, 0.6) is 0 Å². The molecule has 3 aromatic carbocycles. The number of para-hydroxylation sites is 1. The number of carboxylic acid groups (broad SMARTS) is 1. The second-order valence-electron chi connectivity index (χ2n) is 6.75. The minimum absolute atomic E-state index is 0.0290. The normalized spacial score (nSPS) is 11.0. The van der Waals surface area contributed by atoms with E-state index in [-0.39, 0.29) is 23.4 Å². The molecular weight excluding hydrogens is 440 g/mol. The number of carbonyl (C=O) groups excluding carboxylic acids is 1. The molecule has 160 valence electrons. The van der Waals surface area contributed by atoms with E-state index in [0.29, 0.717) is 10.7 Å². The summed E-state index contributed by atoms with van der Waals surface area (Å²) in [6.45, 7) is 0.105. The van der Waals surface area contributed by atoms with Gasteiger partial charge in [0.25, 0.3) is 5.91 Å². The average molecular weight is 459 g/mol. The Bertz CT molecular complexity index is 1210. The van der Waals surface area contributed by atoms with Crippen LogP contribution in [0.15, 0.2) is 72.8 Å². The summed E-state index contributed by atoms with van der Waals surface area (Å²) in [5, 5.41) is 12.4. The highest BCUT2D eigenvalue weighted by Gasteiger charge is 2.19. The standard InChI is InChI=1S/C22H19ClN2O5S/c1-31(29,30)25(14-15-6-10-17(23)11-7-15)18-12-8-16(9-13-18)21(26)24-20-5-3-2-4-19(20)22(27)28/h2-13H,14H2,1H3,(H,24,26)(H,27,28). The van der Waals surface area contributed by atoms with Crippen molar-refractivity contribution in [3.63, 3.8) is 0 Å². The summed E-state index contributed by atoms with van der Waals surface area (Å²) in [4.78, 5) is 23.8. The molecule has 0 atom stereocenters. The number of rotatable bonds is 7. The molecule has 0 unspecified atom stereocenters. The van der Waals surface area contributed by atoms with Gasteiger partial charge in [0.05, 0.1) is 29.7 Å². The fourth-order valence-corrected chi connectivity index (χ4v) is 3.92. The number of nitrogens with one attached hydrogen (secondary N) is 1. The molecule has 3 rings (SSSR count). The lowest BCUT2D eigenvalue weighted by Gasteiger charge is -2.23. The Morgan fingerprint density at radius 2 is 1.58 bits per heavy atom. The molecule has 7 nitrogen and oxygen atoms in total. The van der Waals surface area contributed by atoms with E-state index in [1.54, 1.807) is 36.4 Å². The summed E-state index contributed by atoms with van der Waals surface area (Å²) < 4.78 is 25.9. The number of hydrogen-bond donors (Lipinski definition) is 2.